The van der Waals surface area contributed by atoms with Crippen molar-refractivity contribution in [2.24, 2.45) is 5.73 Å². The van der Waals surface area contributed by atoms with Gasteiger partial charge >= 0.3 is 0 Å². The molecule has 5 N–H and O–H groups in total. The summed E-state index contributed by atoms with van der Waals surface area (Å²) in [5.41, 5.74) is 11.4. The minimum Gasteiger partial charge on any atom is -0.497 e. The van der Waals surface area contributed by atoms with E-state index in [0.717, 1.165) is 0 Å². The van der Waals surface area contributed by atoms with Gasteiger partial charge in [0, 0.05) is 23.9 Å². The number of primary amides is 1. The van der Waals surface area contributed by atoms with Crippen LogP contribution in [0.25, 0.3) is 0 Å². The first-order chi connectivity index (χ1) is 9.02. The van der Waals surface area contributed by atoms with Gasteiger partial charge in [-0.25, -0.2) is 0 Å². The number of anilines is 1. The predicted octanol–water partition coefficient (Wildman–Crippen LogP) is -0.491. The zero-order valence-corrected chi connectivity index (χ0v) is 10.6. The predicted molar refractivity (Wildman–Crippen MR) is 69.8 cm³/mol. The van der Waals surface area contributed by atoms with Crippen LogP contribution in [-0.4, -0.2) is 38.7 Å². The van der Waals surface area contributed by atoms with Gasteiger partial charge < -0.3 is 26.3 Å². The fourth-order valence-corrected chi connectivity index (χ4v) is 1.38. The first kappa shape index (κ1) is 14.8. The van der Waals surface area contributed by atoms with Crippen molar-refractivity contribution in [3.63, 3.8) is 0 Å². The summed E-state index contributed by atoms with van der Waals surface area (Å²) in [5.74, 6) is -0.338. The van der Waals surface area contributed by atoms with Gasteiger partial charge in [0.1, 0.15) is 12.4 Å². The van der Waals surface area contributed by atoms with E-state index in [1.165, 1.54) is 7.11 Å². The number of ether oxygens (including phenoxy) is 2. The molecule has 0 heterocycles. The summed E-state index contributed by atoms with van der Waals surface area (Å²) in [6.45, 7) is 0.305. The number of carbonyl (C=O) groups is 2. The molecule has 0 aromatic heterocycles. The number of carbonyl (C=O) groups excluding carboxylic acids is 2. The van der Waals surface area contributed by atoms with Gasteiger partial charge in [-0.1, -0.05) is 0 Å². The summed E-state index contributed by atoms with van der Waals surface area (Å²) < 4.78 is 9.93. The van der Waals surface area contributed by atoms with Crippen molar-refractivity contribution in [3.05, 3.63) is 23.8 Å². The number of rotatable bonds is 7. The van der Waals surface area contributed by atoms with E-state index in [4.69, 9.17) is 20.9 Å². The molecule has 7 heteroatoms. The Morgan fingerprint density at radius 1 is 1.32 bits per heavy atom. The van der Waals surface area contributed by atoms with E-state index in [1.807, 2.05) is 0 Å². The van der Waals surface area contributed by atoms with Gasteiger partial charge in [-0.15, -0.1) is 0 Å². The fraction of sp³-hybridized carbons (Fsp3) is 0.333. The SMILES string of the molecule is COc1cc(N)cc(C(=O)NCCOCC(N)=O)c1. The van der Waals surface area contributed by atoms with Crippen LogP contribution in [-0.2, 0) is 9.53 Å². The Hall–Kier alpha value is -2.28. The second-order valence-corrected chi connectivity index (χ2v) is 3.77. The van der Waals surface area contributed by atoms with Crippen LogP contribution in [0.2, 0.25) is 0 Å². The Kier molecular flexibility index (Phi) is 5.62. The lowest BCUT2D eigenvalue weighted by Crippen LogP contribution is -2.28. The van der Waals surface area contributed by atoms with Gasteiger partial charge in [-0.2, -0.15) is 0 Å². The van der Waals surface area contributed by atoms with Crippen molar-refractivity contribution in [2.45, 2.75) is 0 Å². The number of nitrogens with two attached hydrogens (primary N) is 2. The Balaban J connectivity index is 2.45. The third-order valence-electron chi connectivity index (χ3n) is 2.20. The zero-order valence-electron chi connectivity index (χ0n) is 10.6. The third-order valence-corrected chi connectivity index (χ3v) is 2.20. The maximum absolute atomic E-state index is 11.8. The molecule has 0 spiro atoms. The fourth-order valence-electron chi connectivity index (χ4n) is 1.38. The molecule has 0 radical (unpaired) electrons. The molecule has 1 aromatic carbocycles. The minimum atomic E-state index is -0.549. The molecule has 19 heavy (non-hydrogen) atoms. The monoisotopic (exact) mass is 267 g/mol. The van der Waals surface area contributed by atoms with E-state index < -0.39 is 5.91 Å². The van der Waals surface area contributed by atoms with E-state index in [1.54, 1.807) is 18.2 Å². The second kappa shape index (κ2) is 7.22. The maximum Gasteiger partial charge on any atom is 0.251 e. The van der Waals surface area contributed by atoms with E-state index in [9.17, 15) is 9.59 Å². The Morgan fingerprint density at radius 3 is 2.68 bits per heavy atom. The molecule has 0 aliphatic heterocycles. The molecule has 0 bridgehead atoms. The summed E-state index contributed by atoms with van der Waals surface area (Å²) in [6.07, 6.45) is 0. The number of amides is 2. The highest BCUT2D eigenvalue weighted by atomic mass is 16.5. The molecule has 0 aliphatic carbocycles. The van der Waals surface area contributed by atoms with E-state index in [-0.39, 0.29) is 25.7 Å². The highest BCUT2D eigenvalue weighted by Crippen LogP contribution is 2.18. The smallest absolute Gasteiger partial charge is 0.251 e. The molecule has 0 fully saturated rings. The Labute approximate surface area is 110 Å². The molecule has 0 unspecified atom stereocenters. The highest BCUT2D eigenvalue weighted by molar-refractivity contribution is 5.95. The van der Waals surface area contributed by atoms with Crippen LogP contribution in [0.5, 0.6) is 5.75 Å². The molecule has 1 rings (SSSR count). The van der Waals surface area contributed by atoms with Crippen LogP contribution < -0.4 is 21.5 Å². The lowest BCUT2D eigenvalue weighted by atomic mass is 10.2. The van der Waals surface area contributed by atoms with Crippen LogP contribution in [0.4, 0.5) is 5.69 Å². The first-order valence-corrected chi connectivity index (χ1v) is 5.61. The molecule has 2 amide bonds. The number of nitrogen functional groups attached to an aromatic ring is 1. The average Bonchev–Trinajstić information content (AvgIpc) is 2.36. The van der Waals surface area contributed by atoms with Crippen molar-refractivity contribution < 1.29 is 19.1 Å². The quantitative estimate of drug-likeness (QED) is 0.455. The normalized spacial score (nSPS) is 9.95. The van der Waals surface area contributed by atoms with Crippen molar-refractivity contribution >= 4 is 17.5 Å². The average molecular weight is 267 g/mol. The summed E-state index contributed by atoms with van der Waals surface area (Å²) in [4.78, 5) is 22.2. The third kappa shape index (κ3) is 5.26. The van der Waals surface area contributed by atoms with Crippen molar-refractivity contribution in [1.82, 2.24) is 5.32 Å². The van der Waals surface area contributed by atoms with Crippen molar-refractivity contribution in [3.8, 4) is 5.75 Å². The van der Waals surface area contributed by atoms with Gasteiger partial charge in [0.05, 0.1) is 13.7 Å². The lowest BCUT2D eigenvalue weighted by Gasteiger charge is -2.08. The van der Waals surface area contributed by atoms with Crippen LogP contribution >= 0.6 is 0 Å². The van der Waals surface area contributed by atoms with Crippen LogP contribution in [0, 0.1) is 0 Å². The van der Waals surface area contributed by atoms with Crippen molar-refractivity contribution in [2.75, 3.05) is 32.6 Å². The summed E-state index contributed by atoms with van der Waals surface area (Å²) in [7, 11) is 1.49. The van der Waals surface area contributed by atoms with Gasteiger partial charge in [0.25, 0.3) is 5.91 Å². The van der Waals surface area contributed by atoms with E-state index in [0.29, 0.717) is 17.0 Å². The number of hydrogen-bond donors (Lipinski definition) is 3. The van der Waals surface area contributed by atoms with Gasteiger partial charge in [0.15, 0.2) is 0 Å². The lowest BCUT2D eigenvalue weighted by molar-refractivity contribution is -0.122. The summed E-state index contributed by atoms with van der Waals surface area (Å²) in [5, 5.41) is 2.62. The molecule has 0 atom stereocenters. The standard InChI is InChI=1S/C12H17N3O4/c1-18-10-5-8(4-9(13)6-10)12(17)15-2-3-19-7-11(14)16/h4-6H,2-3,7,13H2,1H3,(H2,14,16)(H,15,17). The molecular formula is C12H17N3O4. The molecule has 1 aromatic rings. The topological polar surface area (TPSA) is 117 Å². The molecule has 104 valence electrons. The molecule has 0 aliphatic rings. The van der Waals surface area contributed by atoms with Crippen LogP contribution in [0.1, 0.15) is 10.4 Å². The van der Waals surface area contributed by atoms with Crippen molar-refractivity contribution in [1.29, 1.82) is 0 Å². The van der Waals surface area contributed by atoms with Crippen LogP contribution in [0.15, 0.2) is 18.2 Å². The van der Waals surface area contributed by atoms with E-state index >= 15 is 0 Å². The van der Waals surface area contributed by atoms with Gasteiger partial charge in [-0.05, 0) is 12.1 Å². The molecule has 0 saturated heterocycles. The van der Waals surface area contributed by atoms with E-state index in [2.05, 4.69) is 5.32 Å². The molecule has 0 saturated carbocycles. The second-order valence-electron chi connectivity index (χ2n) is 3.77. The number of hydrogen-bond acceptors (Lipinski definition) is 5. The maximum atomic E-state index is 11.8. The van der Waals surface area contributed by atoms with Gasteiger partial charge in [0.2, 0.25) is 5.91 Å². The van der Waals surface area contributed by atoms with Crippen LogP contribution in [0.3, 0.4) is 0 Å². The summed E-state index contributed by atoms with van der Waals surface area (Å²) >= 11 is 0. The summed E-state index contributed by atoms with van der Waals surface area (Å²) in [6, 6.07) is 4.74. The first-order valence-electron chi connectivity index (χ1n) is 5.61. The minimum absolute atomic E-state index is 0.165. The number of benzene rings is 1. The van der Waals surface area contributed by atoms with Gasteiger partial charge in [-0.3, -0.25) is 9.59 Å². The Morgan fingerprint density at radius 2 is 2.05 bits per heavy atom. The molecular weight excluding hydrogens is 250 g/mol. The number of nitrogens with one attached hydrogen (secondary N) is 1. The number of methoxy groups -OCH3 is 1. The zero-order chi connectivity index (χ0) is 14.3. The molecule has 7 nitrogen and oxygen atoms in total. The Bertz CT molecular complexity index is 462. The largest absolute Gasteiger partial charge is 0.497 e. The highest BCUT2D eigenvalue weighted by Gasteiger charge is 2.07.